The van der Waals surface area contributed by atoms with Gasteiger partial charge in [0.05, 0.1) is 12.6 Å². The summed E-state index contributed by atoms with van der Waals surface area (Å²) in [7, 11) is 0. The van der Waals surface area contributed by atoms with E-state index >= 15 is 0 Å². The minimum absolute atomic E-state index is 0.0716. The van der Waals surface area contributed by atoms with Crippen LogP contribution in [-0.2, 0) is 16.1 Å². The highest BCUT2D eigenvalue weighted by atomic mass is 16.2. The number of hydrogen-bond acceptors (Lipinski definition) is 3. The van der Waals surface area contributed by atoms with Crippen molar-refractivity contribution < 1.29 is 9.59 Å². The highest BCUT2D eigenvalue weighted by molar-refractivity contribution is 5.93. The van der Waals surface area contributed by atoms with Gasteiger partial charge in [-0.1, -0.05) is 55.0 Å². The predicted molar refractivity (Wildman–Crippen MR) is 114 cm³/mol. The maximum absolute atomic E-state index is 12.6. The van der Waals surface area contributed by atoms with E-state index in [2.05, 4.69) is 10.6 Å². The smallest absolute Gasteiger partial charge is 0.238 e. The number of carbonyl (C=O) groups excluding carboxylic acids is 2. The lowest BCUT2D eigenvalue weighted by atomic mass is 10.1. The zero-order valence-corrected chi connectivity index (χ0v) is 17.3. The second-order valence-corrected chi connectivity index (χ2v) is 7.21. The summed E-state index contributed by atoms with van der Waals surface area (Å²) in [5, 5.41) is 5.92. The number of hydrogen-bond donors (Lipinski definition) is 2. The Morgan fingerprint density at radius 2 is 1.71 bits per heavy atom. The lowest BCUT2D eigenvalue weighted by molar-refractivity contribution is -0.127. The molecule has 5 heteroatoms. The number of aryl methyl sites for hydroxylation is 2. The molecular formula is C23H31N3O2. The maximum Gasteiger partial charge on any atom is 0.238 e. The van der Waals surface area contributed by atoms with E-state index in [1.54, 1.807) is 0 Å². The maximum atomic E-state index is 12.6. The molecule has 2 aromatic carbocycles. The zero-order valence-electron chi connectivity index (χ0n) is 17.3. The third-order valence-corrected chi connectivity index (χ3v) is 4.79. The van der Waals surface area contributed by atoms with Crippen LogP contribution in [0.25, 0.3) is 0 Å². The summed E-state index contributed by atoms with van der Waals surface area (Å²) in [6, 6.07) is 15.4. The number of benzene rings is 2. The molecule has 0 aromatic heterocycles. The van der Waals surface area contributed by atoms with Gasteiger partial charge in [0.15, 0.2) is 0 Å². The number of nitrogens with zero attached hydrogens (tertiary/aromatic N) is 1. The Labute approximate surface area is 168 Å². The van der Waals surface area contributed by atoms with Crippen LogP contribution in [-0.4, -0.2) is 35.8 Å². The molecule has 28 heavy (non-hydrogen) atoms. The van der Waals surface area contributed by atoms with Crippen LogP contribution in [0.1, 0.15) is 37.0 Å². The quantitative estimate of drug-likeness (QED) is 0.697. The largest absolute Gasteiger partial charge is 0.351 e. The van der Waals surface area contributed by atoms with Crippen molar-refractivity contribution in [2.24, 2.45) is 0 Å². The van der Waals surface area contributed by atoms with Crippen molar-refractivity contribution in [3.63, 3.8) is 0 Å². The molecule has 0 radical (unpaired) electrons. The van der Waals surface area contributed by atoms with Crippen molar-refractivity contribution in [1.29, 1.82) is 0 Å². The fraction of sp³-hybridized carbons (Fsp3) is 0.391. The lowest BCUT2D eigenvalue weighted by Crippen LogP contribution is -2.48. The molecule has 2 rings (SSSR count). The van der Waals surface area contributed by atoms with Crippen molar-refractivity contribution >= 4 is 17.5 Å². The third-order valence-electron chi connectivity index (χ3n) is 4.79. The molecule has 0 heterocycles. The van der Waals surface area contributed by atoms with E-state index in [1.165, 1.54) is 5.56 Å². The first-order chi connectivity index (χ1) is 13.4. The average Bonchev–Trinajstić information content (AvgIpc) is 2.68. The summed E-state index contributed by atoms with van der Waals surface area (Å²) in [4.78, 5) is 27.0. The van der Waals surface area contributed by atoms with E-state index in [-0.39, 0.29) is 24.4 Å². The van der Waals surface area contributed by atoms with Gasteiger partial charge in [-0.25, -0.2) is 0 Å². The number of rotatable bonds is 9. The summed E-state index contributed by atoms with van der Waals surface area (Å²) in [6.45, 7) is 9.24. The van der Waals surface area contributed by atoms with Crippen LogP contribution in [0.4, 0.5) is 5.69 Å². The van der Waals surface area contributed by atoms with Crippen LogP contribution in [0.2, 0.25) is 0 Å². The molecule has 5 nitrogen and oxygen atoms in total. The molecule has 0 spiro atoms. The first kappa shape index (κ1) is 21.6. The van der Waals surface area contributed by atoms with E-state index in [4.69, 9.17) is 0 Å². The van der Waals surface area contributed by atoms with Crippen molar-refractivity contribution in [2.45, 2.75) is 46.7 Å². The molecule has 150 valence electrons. The van der Waals surface area contributed by atoms with Gasteiger partial charge in [-0.15, -0.1) is 0 Å². The van der Waals surface area contributed by atoms with Gasteiger partial charge < -0.3 is 10.6 Å². The van der Waals surface area contributed by atoms with Gasteiger partial charge in [0.1, 0.15) is 0 Å². The molecule has 0 aliphatic heterocycles. The standard InChI is InChI=1S/C23H31N3O2/c1-5-14-26(16-22(27)25-21-9-7-6-8-18(21)3)19(4)23(28)24-15-20-12-10-17(2)11-13-20/h6-13,19H,5,14-16H2,1-4H3,(H,24,28)(H,25,27). The van der Waals surface area contributed by atoms with E-state index in [0.717, 1.165) is 23.2 Å². The fourth-order valence-corrected chi connectivity index (χ4v) is 2.99. The van der Waals surface area contributed by atoms with Crippen molar-refractivity contribution in [2.75, 3.05) is 18.4 Å². The first-order valence-electron chi connectivity index (χ1n) is 9.83. The van der Waals surface area contributed by atoms with Gasteiger partial charge in [0.2, 0.25) is 11.8 Å². The lowest BCUT2D eigenvalue weighted by Gasteiger charge is -2.27. The highest BCUT2D eigenvalue weighted by Gasteiger charge is 2.22. The molecule has 2 aromatic rings. The zero-order chi connectivity index (χ0) is 20.5. The summed E-state index contributed by atoms with van der Waals surface area (Å²) < 4.78 is 0. The molecule has 0 fully saturated rings. The van der Waals surface area contributed by atoms with Crippen LogP contribution >= 0.6 is 0 Å². The van der Waals surface area contributed by atoms with Crippen molar-refractivity contribution in [3.05, 3.63) is 65.2 Å². The minimum Gasteiger partial charge on any atom is -0.351 e. The van der Waals surface area contributed by atoms with Gasteiger partial charge in [-0.2, -0.15) is 0 Å². The molecule has 0 saturated carbocycles. The number of amides is 2. The van der Waals surface area contributed by atoms with Gasteiger partial charge in [-0.05, 0) is 50.9 Å². The predicted octanol–water partition coefficient (Wildman–Crippen LogP) is 3.66. The summed E-state index contributed by atoms with van der Waals surface area (Å²) in [5.41, 5.74) is 4.07. The number of carbonyl (C=O) groups is 2. The number of para-hydroxylation sites is 1. The van der Waals surface area contributed by atoms with Crippen LogP contribution < -0.4 is 10.6 Å². The van der Waals surface area contributed by atoms with Crippen LogP contribution in [0.5, 0.6) is 0 Å². The third kappa shape index (κ3) is 6.50. The molecule has 0 saturated heterocycles. The van der Waals surface area contributed by atoms with Crippen LogP contribution in [0, 0.1) is 13.8 Å². The molecule has 2 N–H and O–H groups in total. The van der Waals surface area contributed by atoms with Gasteiger partial charge >= 0.3 is 0 Å². The van der Waals surface area contributed by atoms with Crippen LogP contribution in [0.15, 0.2) is 48.5 Å². The fourth-order valence-electron chi connectivity index (χ4n) is 2.99. The minimum atomic E-state index is -0.381. The van der Waals surface area contributed by atoms with E-state index in [0.29, 0.717) is 13.1 Å². The molecule has 0 aliphatic rings. The average molecular weight is 382 g/mol. The van der Waals surface area contributed by atoms with Gasteiger partial charge in [0.25, 0.3) is 0 Å². The van der Waals surface area contributed by atoms with Crippen molar-refractivity contribution in [1.82, 2.24) is 10.2 Å². The summed E-state index contributed by atoms with van der Waals surface area (Å²) in [6.07, 6.45) is 0.868. The second kappa shape index (κ2) is 10.6. The molecule has 1 unspecified atom stereocenters. The molecule has 0 bridgehead atoms. The summed E-state index contributed by atoms with van der Waals surface area (Å²) >= 11 is 0. The Morgan fingerprint density at radius 1 is 1.04 bits per heavy atom. The first-order valence-corrected chi connectivity index (χ1v) is 9.83. The Kier molecular flexibility index (Phi) is 8.20. The van der Waals surface area contributed by atoms with Crippen LogP contribution in [0.3, 0.4) is 0 Å². The number of anilines is 1. The van der Waals surface area contributed by atoms with Gasteiger partial charge in [0, 0.05) is 12.2 Å². The molecule has 1 atom stereocenters. The highest BCUT2D eigenvalue weighted by Crippen LogP contribution is 2.13. The van der Waals surface area contributed by atoms with Gasteiger partial charge in [-0.3, -0.25) is 14.5 Å². The Bertz CT molecular complexity index is 787. The van der Waals surface area contributed by atoms with E-state index in [9.17, 15) is 9.59 Å². The normalized spacial score (nSPS) is 11.9. The Morgan fingerprint density at radius 3 is 2.36 bits per heavy atom. The monoisotopic (exact) mass is 381 g/mol. The second-order valence-electron chi connectivity index (χ2n) is 7.21. The molecular weight excluding hydrogens is 350 g/mol. The Balaban J connectivity index is 1.93. The molecule has 2 amide bonds. The Hall–Kier alpha value is -2.66. The van der Waals surface area contributed by atoms with E-state index in [1.807, 2.05) is 81.1 Å². The van der Waals surface area contributed by atoms with Crippen molar-refractivity contribution in [3.8, 4) is 0 Å². The molecule has 0 aliphatic carbocycles. The summed E-state index contributed by atoms with van der Waals surface area (Å²) in [5.74, 6) is -0.182. The van der Waals surface area contributed by atoms with E-state index < -0.39 is 0 Å². The SMILES string of the molecule is CCCN(CC(=O)Nc1ccccc1C)C(C)C(=O)NCc1ccc(C)cc1. The number of nitrogens with one attached hydrogen (secondary N) is 2. The topological polar surface area (TPSA) is 61.4 Å².